The van der Waals surface area contributed by atoms with Crippen LogP contribution in [0.2, 0.25) is 5.02 Å². The highest BCUT2D eigenvalue weighted by Crippen LogP contribution is 2.20. The fourth-order valence-corrected chi connectivity index (χ4v) is 3.06. The number of carbonyl (C=O) groups is 1. The normalized spacial score (nSPS) is 17.9. The number of halogens is 2. The van der Waals surface area contributed by atoms with Crippen molar-refractivity contribution in [3.05, 3.63) is 34.9 Å². The van der Waals surface area contributed by atoms with Gasteiger partial charge in [0.15, 0.2) is 0 Å². The van der Waals surface area contributed by atoms with Crippen molar-refractivity contribution in [2.45, 2.75) is 17.7 Å². The lowest BCUT2D eigenvalue weighted by atomic mass is 10.1. The minimum atomic E-state index is -0.203. The molecule has 0 aromatic heterocycles. The second-order valence-corrected chi connectivity index (χ2v) is 6.20. The average molecular weight is 346 g/mol. The zero-order chi connectivity index (χ0) is 13.7. The number of carbonyl (C=O) groups excluding carboxylic acids is 1. The Morgan fingerprint density at radius 3 is 2.95 bits per heavy atom. The van der Waals surface area contributed by atoms with E-state index in [4.69, 9.17) is 11.6 Å². The maximum Gasteiger partial charge on any atom is 0.236 e. The molecule has 1 unspecified atom stereocenters. The lowest BCUT2D eigenvalue weighted by Gasteiger charge is -2.23. The lowest BCUT2D eigenvalue weighted by molar-refractivity contribution is -0.130. The van der Waals surface area contributed by atoms with E-state index in [0.717, 1.165) is 43.2 Å². The van der Waals surface area contributed by atoms with Gasteiger partial charge in [-0.05, 0) is 31.0 Å². The van der Waals surface area contributed by atoms with E-state index in [-0.39, 0.29) is 10.7 Å². The van der Waals surface area contributed by atoms with Gasteiger partial charge in [-0.2, -0.15) is 0 Å². The average Bonchev–Trinajstić information content (AvgIpc) is 2.69. The summed E-state index contributed by atoms with van der Waals surface area (Å²) < 4.78 is 0. The fourth-order valence-electron chi connectivity index (χ4n) is 2.21. The van der Waals surface area contributed by atoms with E-state index in [9.17, 15) is 4.79 Å². The van der Waals surface area contributed by atoms with Crippen LogP contribution in [-0.4, -0.2) is 41.8 Å². The van der Waals surface area contributed by atoms with Crippen molar-refractivity contribution in [3.8, 4) is 0 Å². The van der Waals surface area contributed by atoms with Crippen molar-refractivity contribution in [1.29, 1.82) is 0 Å². The second-order valence-electron chi connectivity index (χ2n) is 4.69. The molecule has 0 spiro atoms. The van der Waals surface area contributed by atoms with Crippen LogP contribution in [-0.2, 0) is 11.2 Å². The first-order chi connectivity index (χ1) is 9.18. The van der Waals surface area contributed by atoms with Crippen LogP contribution in [0.4, 0.5) is 0 Å². The molecule has 1 fully saturated rings. The van der Waals surface area contributed by atoms with Crippen LogP contribution in [0.15, 0.2) is 24.3 Å². The van der Waals surface area contributed by atoms with Crippen LogP contribution in [0, 0.1) is 0 Å². The SMILES string of the molecule is O=C(C(Br)Cc1ccccc1Cl)N1CCCNCC1. The van der Waals surface area contributed by atoms with Gasteiger partial charge in [-0.3, -0.25) is 4.79 Å². The number of hydrogen-bond donors (Lipinski definition) is 1. The largest absolute Gasteiger partial charge is 0.340 e. The molecule has 1 aromatic rings. The summed E-state index contributed by atoms with van der Waals surface area (Å²) >= 11 is 9.63. The fraction of sp³-hybridized carbons (Fsp3) is 0.500. The summed E-state index contributed by atoms with van der Waals surface area (Å²) in [7, 11) is 0. The highest BCUT2D eigenvalue weighted by atomic mass is 79.9. The van der Waals surface area contributed by atoms with E-state index in [1.165, 1.54) is 0 Å². The van der Waals surface area contributed by atoms with Gasteiger partial charge in [-0.25, -0.2) is 0 Å². The number of rotatable bonds is 3. The number of hydrogen-bond acceptors (Lipinski definition) is 2. The molecule has 1 aliphatic rings. The van der Waals surface area contributed by atoms with Crippen LogP contribution in [0.3, 0.4) is 0 Å². The van der Waals surface area contributed by atoms with Crippen LogP contribution in [0.5, 0.6) is 0 Å². The van der Waals surface area contributed by atoms with E-state index in [1.807, 2.05) is 29.2 Å². The van der Waals surface area contributed by atoms with Crippen molar-refractivity contribution < 1.29 is 4.79 Å². The van der Waals surface area contributed by atoms with E-state index in [0.29, 0.717) is 6.42 Å². The van der Waals surface area contributed by atoms with Crippen molar-refractivity contribution in [3.63, 3.8) is 0 Å². The van der Waals surface area contributed by atoms with E-state index >= 15 is 0 Å². The molecule has 1 amide bonds. The third-order valence-electron chi connectivity index (χ3n) is 3.28. The topological polar surface area (TPSA) is 32.3 Å². The number of nitrogens with zero attached hydrogens (tertiary/aromatic N) is 1. The van der Waals surface area contributed by atoms with E-state index < -0.39 is 0 Å². The Kier molecular flexibility index (Phi) is 5.67. The summed E-state index contributed by atoms with van der Waals surface area (Å²) in [6.07, 6.45) is 1.64. The standard InChI is InChI=1S/C14H18BrClN2O/c15-12(10-11-4-1-2-5-13(11)16)14(19)18-8-3-6-17-7-9-18/h1-2,4-5,12,17H,3,6-10H2. The number of amides is 1. The summed E-state index contributed by atoms with van der Waals surface area (Å²) in [6, 6.07) is 7.67. The van der Waals surface area contributed by atoms with Gasteiger partial charge >= 0.3 is 0 Å². The summed E-state index contributed by atoms with van der Waals surface area (Å²) in [4.78, 5) is 14.1. The minimum Gasteiger partial charge on any atom is -0.340 e. The number of benzene rings is 1. The molecule has 2 rings (SSSR count). The molecule has 1 saturated heterocycles. The molecule has 5 heteroatoms. The number of nitrogens with one attached hydrogen (secondary N) is 1. The molecule has 1 aromatic carbocycles. The molecule has 104 valence electrons. The molecule has 19 heavy (non-hydrogen) atoms. The van der Waals surface area contributed by atoms with E-state index in [1.54, 1.807) is 0 Å². The quantitative estimate of drug-likeness (QED) is 0.854. The van der Waals surface area contributed by atoms with Crippen LogP contribution < -0.4 is 5.32 Å². The van der Waals surface area contributed by atoms with Crippen LogP contribution >= 0.6 is 27.5 Å². The summed E-state index contributed by atoms with van der Waals surface area (Å²) in [5.74, 6) is 0.156. The Hall–Kier alpha value is -0.580. The third kappa shape index (κ3) is 4.20. The molecule has 0 radical (unpaired) electrons. The van der Waals surface area contributed by atoms with Gasteiger partial charge in [0.2, 0.25) is 5.91 Å². The molecule has 0 aliphatic carbocycles. The van der Waals surface area contributed by atoms with Gasteiger partial charge < -0.3 is 10.2 Å². The Morgan fingerprint density at radius 2 is 2.16 bits per heavy atom. The van der Waals surface area contributed by atoms with Gasteiger partial charge in [-0.15, -0.1) is 0 Å². The highest BCUT2D eigenvalue weighted by Gasteiger charge is 2.23. The summed E-state index contributed by atoms with van der Waals surface area (Å²) in [5, 5.41) is 4.02. The molecule has 1 N–H and O–H groups in total. The Morgan fingerprint density at radius 1 is 1.37 bits per heavy atom. The maximum atomic E-state index is 12.4. The predicted octanol–water partition coefficient (Wildman–Crippen LogP) is 2.47. The van der Waals surface area contributed by atoms with Crippen molar-refractivity contribution in [2.24, 2.45) is 0 Å². The Balaban J connectivity index is 1.97. The molecule has 1 heterocycles. The van der Waals surface area contributed by atoms with Crippen molar-refractivity contribution in [2.75, 3.05) is 26.2 Å². The molecule has 1 aliphatic heterocycles. The molecular formula is C14H18BrClN2O. The minimum absolute atomic E-state index is 0.156. The Labute approximate surface area is 127 Å². The second kappa shape index (κ2) is 7.27. The highest BCUT2D eigenvalue weighted by molar-refractivity contribution is 9.10. The monoisotopic (exact) mass is 344 g/mol. The zero-order valence-corrected chi connectivity index (χ0v) is 13.1. The van der Waals surface area contributed by atoms with Gasteiger partial charge in [-0.1, -0.05) is 45.7 Å². The first-order valence-corrected chi connectivity index (χ1v) is 7.85. The number of alkyl halides is 1. The molecular weight excluding hydrogens is 328 g/mol. The molecule has 3 nitrogen and oxygen atoms in total. The van der Waals surface area contributed by atoms with Crippen molar-refractivity contribution >= 4 is 33.4 Å². The molecule has 0 bridgehead atoms. The van der Waals surface area contributed by atoms with Crippen molar-refractivity contribution in [1.82, 2.24) is 10.2 Å². The van der Waals surface area contributed by atoms with Gasteiger partial charge in [0.1, 0.15) is 0 Å². The van der Waals surface area contributed by atoms with Crippen LogP contribution in [0.25, 0.3) is 0 Å². The van der Waals surface area contributed by atoms with Gasteiger partial charge in [0, 0.05) is 24.7 Å². The molecule has 1 atom stereocenters. The van der Waals surface area contributed by atoms with E-state index in [2.05, 4.69) is 21.2 Å². The van der Waals surface area contributed by atoms with Gasteiger partial charge in [0.05, 0.1) is 4.83 Å². The molecule has 0 saturated carbocycles. The Bertz CT molecular complexity index is 433. The van der Waals surface area contributed by atoms with Crippen LogP contribution in [0.1, 0.15) is 12.0 Å². The summed E-state index contributed by atoms with van der Waals surface area (Å²) in [5.41, 5.74) is 1.01. The first-order valence-electron chi connectivity index (χ1n) is 6.55. The lowest BCUT2D eigenvalue weighted by Crippen LogP contribution is -2.39. The third-order valence-corrected chi connectivity index (χ3v) is 4.36. The summed E-state index contributed by atoms with van der Waals surface area (Å²) in [6.45, 7) is 3.47. The smallest absolute Gasteiger partial charge is 0.236 e. The van der Waals surface area contributed by atoms with Gasteiger partial charge in [0.25, 0.3) is 0 Å². The first kappa shape index (κ1) is 14.8. The zero-order valence-electron chi connectivity index (χ0n) is 10.7. The maximum absolute atomic E-state index is 12.4. The predicted molar refractivity (Wildman–Crippen MR) is 81.9 cm³/mol.